The van der Waals surface area contributed by atoms with Crippen molar-refractivity contribution in [3.8, 4) is 0 Å². The first-order valence-electron chi connectivity index (χ1n) is 6.51. The minimum Gasteiger partial charge on any atom is -0.376 e. The zero-order chi connectivity index (χ0) is 13.1. The zero-order valence-corrected chi connectivity index (χ0v) is 11.7. The molecule has 3 aromatic rings. The molecule has 0 bridgehead atoms. The maximum atomic E-state index is 4.40. The van der Waals surface area contributed by atoms with E-state index in [4.69, 9.17) is 0 Å². The molecule has 1 unspecified atom stereocenters. The molecule has 0 spiro atoms. The van der Waals surface area contributed by atoms with Crippen molar-refractivity contribution in [2.45, 2.75) is 19.4 Å². The van der Waals surface area contributed by atoms with Gasteiger partial charge in [-0.3, -0.25) is 0 Å². The number of nitrogens with zero attached hydrogens (tertiary/aromatic N) is 1. The van der Waals surface area contributed by atoms with E-state index in [1.54, 1.807) is 11.3 Å². The fraction of sp³-hybridized carbons (Fsp3) is 0.188. The summed E-state index contributed by atoms with van der Waals surface area (Å²) in [5, 5.41) is 9.29. The molecule has 3 heteroatoms. The maximum Gasteiger partial charge on any atom is 0.115 e. The van der Waals surface area contributed by atoms with E-state index in [0.29, 0.717) is 6.04 Å². The topological polar surface area (TPSA) is 24.9 Å². The van der Waals surface area contributed by atoms with E-state index >= 15 is 0 Å². The molecule has 96 valence electrons. The fourth-order valence-corrected chi connectivity index (χ4v) is 3.00. The molecule has 0 saturated heterocycles. The van der Waals surface area contributed by atoms with Gasteiger partial charge in [0.1, 0.15) is 5.01 Å². The molecule has 0 fully saturated rings. The third-order valence-corrected chi connectivity index (χ3v) is 4.14. The van der Waals surface area contributed by atoms with Crippen molar-refractivity contribution < 1.29 is 0 Å². The summed E-state index contributed by atoms with van der Waals surface area (Å²) < 4.78 is 0. The van der Waals surface area contributed by atoms with Crippen LogP contribution in [-0.2, 0) is 0 Å². The molecule has 19 heavy (non-hydrogen) atoms. The second-order valence-corrected chi connectivity index (χ2v) is 5.46. The van der Waals surface area contributed by atoms with Crippen molar-refractivity contribution in [2.75, 3.05) is 5.32 Å². The summed E-state index contributed by atoms with van der Waals surface area (Å²) in [5.74, 6) is 0. The van der Waals surface area contributed by atoms with Gasteiger partial charge < -0.3 is 5.32 Å². The van der Waals surface area contributed by atoms with Gasteiger partial charge in [-0.2, -0.15) is 0 Å². The second-order valence-electron chi connectivity index (χ2n) is 4.54. The van der Waals surface area contributed by atoms with E-state index in [1.165, 1.54) is 10.8 Å². The highest BCUT2D eigenvalue weighted by molar-refractivity contribution is 7.09. The predicted octanol–water partition coefficient (Wildman–Crippen LogP) is 4.86. The summed E-state index contributed by atoms with van der Waals surface area (Å²) in [4.78, 5) is 4.40. The highest BCUT2D eigenvalue weighted by Crippen LogP contribution is 2.26. The third-order valence-electron chi connectivity index (χ3n) is 3.25. The Labute approximate surface area is 117 Å². The Balaban J connectivity index is 1.88. The first-order chi connectivity index (χ1) is 9.36. The molecule has 0 amide bonds. The molecule has 2 nitrogen and oxygen atoms in total. The molecule has 1 aromatic heterocycles. The molecular weight excluding hydrogens is 252 g/mol. The van der Waals surface area contributed by atoms with Gasteiger partial charge in [0.2, 0.25) is 0 Å². The lowest BCUT2D eigenvalue weighted by molar-refractivity contribution is 0.742. The molecule has 1 N–H and O–H groups in total. The summed E-state index contributed by atoms with van der Waals surface area (Å²) in [6.45, 7) is 2.18. The molecule has 0 aliphatic carbocycles. The number of aromatic nitrogens is 1. The Morgan fingerprint density at radius 1 is 1.16 bits per heavy atom. The third kappa shape index (κ3) is 2.61. The second kappa shape index (κ2) is 5.41. The monoisotopic (exact) mass is 268 g/mol. The van der Waals surface area contributed by atoms with E-state index < -0.39 is 0 Å². The van der Waals surface area contributed by atoms with Crippen LogP contribution < -0.4 is 5.32 Å². The van der Waals surface area contributed by atoms with Gasteiger partial charge in [0, 0.05) is 17.3 Å². The lowest BCUT2D eigenvalue weighted by Gasteiger charge is -2.16. The van der Waals surface area contributed by atoms with E-state index in [1.807, 2.05) is 11.6 Å². The molecular formula is C16H16N2S. The lowest BCUT2D eigenvalue weighted by atomic mass is 10.1. The smallest absolute Gasteiger partial charge is 0.115 e. The number of nitrogens with one attached hydrogen (secondary N) is 1. The Hall–Kier alpha value is -1.87. The van der Waals surface area contributed by atoms with Crippen LogP contribution in [0.15, 0.2) is 54.0 Å². The highest BCUT2D eigenvalue weighted by atomic mass is 32.1. The van der Waals surface area contributed by atoms with Crippen LogP contribution in [-0.4, -0.2) is 4.98 Å². The molecule has 0 radical (unpaired) electrons. The normalized spacial score (nSPS) is 12.5. The Morgan fingerprint density at radius 3 is 2.74 bits per heavy atom. The van der Waals surface area contributed by atoms with Crippen LogP contribution in [0.3, 0.4) is 0 Å². The number of benzene rings is 2. The number of hydrogen-bond acceptors (Lipinski definition) is 3. The van der Waals surface area contributed by atoms with E-state index in [2.05, 4.69) is 59.7 Å². The number of hydrogen-bond donors (Lipinski definition) is 1. The van der Waals surface area contributed by atoms with Gasteiger partial charge in [0.25, 0.3) is 0 Å². The molecule has 0 aliphatic rings. The van der Waals surface area contributed by atoms with Crippen molar-refractivity contribution in [2.24, 2.45) is 0 Å². The van der Waals surface area contributed by atoms with Crippen LogP contribution >= 0.6 is 11.3 Å². The number of anilines is 1. The van der Waals surface area contributed by atoms with E-state index in [-0.39, 0.29) is 0 Å². The van der Waals surface area contributed by atoms with Crippen molar-refractivity contribution >= 4 is 27.8 Å². The summed E-state index contributed by atoms with van der Waals surface area (Å²) in [7, 11) is 0. The van der Waals surface area contributed by atoms with Gasteiger partial charge in [-0.25, -0.2) is 4.98 Å². The average Bonchev–Trinajstić information content (AvgIpc) is 2.98. The predicted molar refractivity (Wildman–Crippen MR) is 82.7 cm³/mol. The fourth-order valence-electron chi connectivity index (χ4n) is 2.23. The Morgan fingerprint density at radius 2 is 2.00 bits per heavy atom. The van der Waals surface area contributed by atoms with Gasteiger partial charge >= 0.3 is 0 Å². The van der Waals surface area contributed by atoms with Crippen LogP contribution in [0, 0.1) is 0 Å². The standard InChI is InChI=1S/C16H16N2S/c1-2-15(16-17-9-10-19-16)18-14-8-7-12-5-3-4-6-13(12)11-14/h3-11,15,18H,2H2,1H3. The maximum absolute atomic E-state index is 4.40. The molecule has 0 saturated carbocycles. The van der Waals surface area contributed by atoms with Crippen LogP contribution in [0.2, 0.25) is 0 Å². The minimum atomic E-state index is 0.293. The van der Waals surface area contributed by atoms with Crippen molar-refractivity contribution in [1.82, 2.24) is 4.98 Å². The summed E-state index contributed by atoms with van der Waals surface area (Å²) in [6.07, 6.45) is 2.89. The zero-order valence-electron chi connectivity index (χ0n) is 10.8. The molecule has 2 aromatic carbocycles. The Kier molecular flexibility index (Phi) is 3.47. The van der Waals surface area contributed by atoms with Crippen LogP contribution in [0.1, 0.15) is 24.4 Å². The first-order valence-corrected chi connectivity index (χ1v) is 7.39. The molecule has 1 heterocycles. The number of thiazole rings is 1. The average molecular weight is 268 g/mol. The lowest BCUT2D eigenvalue weighted by Crippen LogP contribution is -2.09. The van der Waals surface area contributed by atoms with Gasteiger partial charge in [-0.05, 0) is 29.3 Å². The largest absolute Gasteiger partial charge is 0.376 e. The quantitative estimate of drug-likeness (QED) is 0.731. The summed E-state index contributed by atoms with van der Waals surface area (Å²) in [5.41, 5.74) is 1.15. The summed E-state index contributed by atoms with van der Waals surface area (Å²) >= 11 is 1.70. The molecule has 3 rings (SSSR count). The van der Waals surface area contributed by atoms with Crippen molar-refractivity contribution in [3.05, 3.63) is 59.0 Å². The Bertz CT molecular complexity index is 661. The van der Waals surface area contributed by atoms with Gasteiger partial charge in [0.15, 0.2) is 0 Å². The number of fused-ring (bicyclic) bond motifs is 1. The van der Waals surface area contributed by atoms with Crippen molar-refractivity contribution in [1.29, 1.82) is 0 Å². The van der Waals surface area contributed by atoms with Gasteiger partial charge in [0.05, 0.1) is 6.04 Å². The minimum absolute atomic E-state index is 0.293. The molecule has 1 atom stereocenters. The first kappa shape index (κ1) is 12.2. The van der Waals surface area contributed by atoms with E-state index in [9.17, 15) is 0 Å². The molecule has 0 aliphatic heterocycles. The van der Waals surface area contributed by atoms with Gasteiger partial charge in [-0.15, -0.1) is 11.3 Å². The summed E-state index contributed by atoms with van der Waals surface area (Å²) in [6, 6.07) is 15.2. The highest BCUT2D eigenvalue weighted by Gasteiger charge is 2.11. The van der Waals surface area contributed by atoms with Crippen molar-refractivity contribution in [3.63, 3.8) is 0 Å². The number of rotatable bonds is 4. The van der Waals surface area contributed by atoms with Crippen LogP contribution in [0.25, 0.3) is 10.8 Å². The van der Waals surface area contributed by atoms with E-state index in [0.717, 1.165) is 17.1 Å². The van der Waals surface area contributed by atoms with Crippen LogP contribution in [0.4, 0.5) is 5.69 Å². The van der Waals surface area contributed by atoms with Crippen LogP contribution in [0.5, 0.6) is 0 Å². The SMILES string of the molecule is CCC(Nc1ccc2ccccc2c1)c1nccs1. The van der Waals surface area contributed by atoms with Gasteiger partial charge in [-0.1, -0.05) is 37.3 Å².